The third-order valence-corrected chi connectivity index (χ3v) is 4.45. The molecule has 2 aromatic carbocycles. The molecule has 6 nitrogen and oxygen atoms in total. The highest BCUT2D eigenvalue weighted by Crippen LogP contribution is 2.31. The topological polar surface area (TPSA) is 73.9 Å². The van der Waals surface area contributed by atoms with Crippen LogP contribution in [0.25, 0.3) is 0 Å². The Morgan fingerprint density at radius 1 is 1.00 bits per heavy atom. The van der Waals surface area contributed by atoms with E-state index in [-0.39, 0.29) is 5.41 Å². The molecule has 2 aromatic rings. The van der Waals surface area contributed by atoms with Gasteiger partial charge >= 0.3 is 5.97 Å². The smallest absolute Gasteiger partial charge is 0.339 e. The molecule has 0 saturated heterocycles. The van der Waals surface area contributed by atoms with Crippen molar-refractivity contribution < 1.29 is 23.8 Å². The van der Waals surface area contributed by atoms with Gasteiger partial charge in [-0.2, -0.15) is 0 Å². The van der Waals surface area contributed by atoms with Gasteiger partial charge in [-0.1, -0.05) is 32.9 Å². The number of amides is 1. The maximum atomic E-state index is 12.4. The SMILES string of the molecule is CC(OC(=O)c1ccc2c(c1)OCCO2)C(=O)Nc1ccc(C(C)(C)C)cc1. The summed E-state index contributed by atoms with van der Waals surface area (Å²) in [6.07, 6.45) is -0.942. The number of fused-ring (bicyclic) bond motifs is 1. The predicted octanol–water partition coefficient (Wildman–Crippen LogP) is 3.94. The molecule has 148 valence electrons. The molecule has 1 aliphatic heterocycles. The monoisotopic (exact) mass is 383 g/mol. The van der Waals surface area contributed by atoms with Crippen molar-refractivity contribution in [1.29, 1.82) is 0 Å². The molecule has 0 fully saturated rings. The first kappa shape index (κ1) is 19.7. The number of benzene rings is 2. The molecule has 1 atom stereocenters. The van der Waals surface area contributed by atoms with Crippen LogP contribution in [0.3, 0.4) is 0 Å². The fourth-order valence-electron chi connectivity index (χ4n) is 2.75. The maximum Gasteiger partial charge on any atom is 0.339 e. The Labute approximate surface area is 164 Å². The van der Waals surface area contributed by atoms with Crippen LogP contribution < -0.4 is 14.8 Å². The molecule has 0 saturated carbocycles. The van der Waals surface area contributed by atoms with Gasteiger partial charge < -0.3 is 19.5 Å². The molecule has 1 heterocycles. The van der Waals surface area contributed by atoms with Gasteiger partial charge in [-0.15, -0.1) is 0 Å². The molecule has 0 bridgehead atoms. The molecule has 0 radical (unpaired) electrons. The summed E-state index contributed by atoms with van der Waals surface area (Å²) >= 11 is 0. The number of hydrogen-bond acceptors (Lipinski definition) is 5. The van der Waals surface area contributed by atoms with Gasteiger partial charge in [0.25, 0.3) is 5.91 Å². The van der Waals surface area contributed by atoms with Crippen LogP contribution in [0.4, 0.5) is 5.69 Å². The van der Waals surface area contributed by atoms with E-state index in [1.54, 1.807) is 18.2 Å². The Morgan fingerprint density at radius 2 is 1.64 bits per heavy atom. The van der Waals surface area contributed by atoms with Gasteiger partial charge in [0, 0.05) is 5.69 Å². The van der Waals surface area contributed by atoms with Gasteiger partial charge in [-0.25, -0.2) is 4.79 Å². The fourth-order valence-corrected chi connectivity index (χ4v) is 2.75. The Balaban J connectivity index is 1.60. The first-order valence-corrected chi connectivity index (χ1v) is 9.26. The summed E-state index contributed by atoms with van der Waals surface area (Å²) in [5.74, 6) is 0.0983. The van der Waals surface area contributed by atoms with E-state index in [0.717, 1.165) is 0 Å². The predicted molar refractivity (Wildman–Crippen MR) is 106 cm³/mol. The van der Waals surface area contributed by atoms with Crippen molar-refractivity contribution in [1.82, 2.24) is 0 Å². The number of rotatable bonds is 4. The molecular formula is C22H25NO5. The Morgan fingerprint density at radius 3 is 2.29 bits per heavy atom. The minimum absolute atomic E-state index is 0.0367. The van der Waals surface area contributed by atoms with E-state index in [1.165, 1.54) is 12.5 Å². The number of ether oxygens (including phenoxy) is 3. The average molecular weight is 383 g/mol. The zero-order valence-electron chi connectivity index (χ0n) is 16.6. The molecule has 0 aliphatic carbocycles. The van der Waals surface area contributed by atoms with Gasteiger partial charge in [-0.3, -0.25) is 4.79 Å². The molecule has 0 spiro atoms. The van der Waals surface area contributed by atoms with Crippen LogP contribution in [-0.2, 0) is 14.9 Å². The van der Waals surface area contributed by atoms with Gasteiger partial charge in [0.15, 0.2) is 17.6 Å². The quantitative estimate of drug-likeness (QED) is 0.810. The van der Waals surface area contributed by atoms with E-state index in [4.69, 9.17) is 14.2 Å². The molecule has 1 unspecified atom stereocenters. The molecule has 3 rings (SSSR count). The normalized spacial score (nSPS) is 14.1. The highest BCUT2D eigenvalue weighted by atomic mass is 16.6. The molecular weight excluding hydrogens is 358 g/mol. The summed E-state index contributed by atoms with van der Waals surface area (Å²) in [5, 5.41) is 2.77. The number of carbonyl (C=O) groups is 2. The minimum Gasteiger partial charge on any atom is -0.486 e. The summed E-state index contributed by atoms with van der Waals surface area (Å²) in [6.45, 7) is 8.82. The van der Waals surface area contributed by atoms with E-state index in [2.05, 4.69) is 26.1 Å². The molecule has 0 aromatic heterocycles. The average Bonchev–Trinajstić information content (AvgIpc) is 2.67. The van der Waals surface area contributed by atoms with Crippen LogP contribution >= 0.6 is 0 Å². The fraction of sp³-hybridized carbons (Fsp3) is 0.364. The van der Waals surface area contributed by atoms with Crippen molar-refractivity contribution in [3.63, 3.8) is 0 Å². The lowest BCUT2D eigenvalue weighted by molar-refractivity contribution is -0.123. The highest BCUT2D eigenvalue weighted by molar-refractivity contribution is 5.97. The van der Waals surface area contributed by atoms with Gasteiger partial charge in [0.05, 0.1) is 5.56 Å². The van der Waals surface area contributed by atoms with E-state index in [0.29, 0.717) is 36.0 Å². The van der Waals surface area contributed by atoms with E-state index in [9.17, 15) is 9.59 Å². The number of esters is 1. The van der Waals surface area contributed by atoms with E-state index >= 15 is 0 Å². The van der Waals surface area contributed by atoms with E-state index in [1.807, 2.05) is 24.3 Å². The summed E-state index contributed by atoms with van der Waals surface area (Å²) in [6, 6.07) is 12.4. The van der Waals surface area contributed by atoms with Gasteiger partial charge in [0.2, 0.25) is 0 Å². The first-order valence-electron chi connectivity index (χ1n) is 9.26. The summed E-state index contributed by atoms with van der Waals surface area (Å²) in [5.41, 5.74) is 2.16. The standard InChI is InChI=1S/C22H25NO5/c1-14(20(24)23-17-8-6-16(7-9-17)22(2,3)4)28-21(25)15-5-10-18-19(13-15)27-12-11-26-18/h5-10,13-14H,11-12H2,1-4H3,(H,23,24). The van der Waals surface area contributed by atoms with Gasteiger partial charge in [0.1, 0.15) is 13.2 Å². The Kier molecular flexibility index (Phi) is 5.58. The van der Waals surface area contributed by atoms with Crippen LogP contribution in [0.2, 0.25) is 0 Å². The Hall–Kier alpha value is -3.02. The minimum atomic E-state index is -0.942. The molecule has 1 amide bonds. The van der Waals surface area contributed by atoms with E-state index < -0.39 is 18.0 Å². The molecule has 1 aliphatic rings. The van der Waals surface area contributed by atoms with Crippen LogP contribution in [0, 0.1) is 0 Å². The third-order valence-electron chi connectivity index (χ3n) is 4.45. The van der Waals surface area contributed by atoms with Crippen molar-refractivity contribution in [3.05, 3.63) is 53.6 Å². The third kappa shape index (κ3) is 4.63. The van der Waals surface area contributed by atoms with Crippen molar-refractivity contribution >= 4 is 17.6 Å². The number of carbonyl (C=O) groups excluding carboxylic acids is 2. The lowest BCUT2D eigenvalue weighted by atomic mass is 9.87. The second-order valence-electron chi connectivity index (χ2n) is 7.72. The van der Waals surface area contributed by atoms with Crippen LogP contribution in [-0.4, -0.2) is 31.2 Å². The van der Waals surface area contributed by atoms with Crippen molar-refractivity contribution in [3.8, 4) is 11.5 Å². The molecule has 6 heteroatoms. The highest BCUT2D eigenvalue weighted by Gasteiger charge is 2.21. The zero-order valence-corrected chi connectivity index (χ0v) is 16.6. The molecule has 28 heavy (non-hydrogen) atoms. The van der Waals surface area contributed by atoms with Crippen molar-refractivity contribution in [2.75, 3.05) is 18.5 Å². The first-order chi connectivity index (χ1) is 13.2. The Bertz CT molecular complexity index is 867. The van der Waals surface area contributed by atoms with Crippen LogP contribution in [0.5, 0.6) is 11.5 Å². The lowest BCUT2D eigenvalue weighted by Gasteiger charge is -2.20. The largest absolute Gasteiger partial charge is 0.486 e. The lowest BCUT2D eigenvalue weighted by Crippen LogP contribution is -2.30. The molecule has 1 N–H and O–H groups in total. The number of nitrogens with one attached hydrogen (secondary N) is 1. The summed E-state index contributed by atoms with van der Waals surface area (Å²) < 4.78 is 16.2. The number of hydrogen-bond donors (Lipinski definition) is 1. The van der Waals surface area contributed by atoms with Gasteiger partial charge in [-0.05, 0) is 48.2 Å². The summed E-state index contributed by atoms with van der Waals surface area (Å²) in [4.78, 5) is 24.7. The second-order valence-corrected chi connectivity index (χ2v) is 7.72. The maximum absolute atomic E-state index is 12.4. The van der Waals surface area contributed by atoms with Crippen molar-refractivity contribution in [2.24, 2.45) is 0 Å². The van der Waals surface area contributed by atoms with Crippen LogP contribution in [0.1, 0.15) is 43.6 Å². The van der Waals surface area contributed by atoms with Crippen molar-refractivity contribution in [2.45, 2.75) is 39.2 Å². The van der Waals surface area contributed by atoms with Crippen LogP contribution in [0.15, 0.2) is 42.5 Å². The zero-order chi connectivity index (χ0) is 20.3. The second kappa shape index (κ2) is 7.92. The summed E-state index contributed by atoms with van der Waals surface area (Å²) in [7, 11) is 0. The number of anilines is 1.